The van der Waals surface area contributed by atoms with Crippen molar-refractivity contribution in [1.82, 2.24) is 9.55 Å². The van der Waals surface area contributed by atoms with Crippen LogP contribution in [0.1, 0.15) is 45.0 Å². The molecule has 3 aromatic heterocycles. The highest BCUT2D eigenvalue weighted by molar-refractivity contribution is 7.09. The van der Waals surface area contributed by atoms with Gasteiger partial charge in [0.25, 0.3) is 0 Å². The molecule has 1 aliphatic rings. The Kier molecular flexibility index (Phi) is 7.43. The Balaban J connectivity index is 1.27. The molecule has 8 heteroatoms. The van der Waals surface area contributed by atoms with E-state index in [-0.39, 0.29) is 24.3 Å². The lowest BCUT2D eigenvalue weighted by Crippen LogP contribution is -2.37. The van der Waals surface area contributed by atoms with E-state index < -0.39 is 0 Å². The van der Waals surface area contributed by atoms with Gasteiger partial charge in [0, 0.05) is 47.7 Å². The van der Waals surface area contributed by atoms with E-state index in [0.717, 1.165) is 30.2 Å². The van der Waals surface area contributed by atoms with Crippen LogP contribution in [0, 0.1) is 31.1 Å². The molecule has 0 bridgehead atoms. The van der Waals surface area contributed by atoms with Gasteiger partial charge in [0.15, 0.2) is 6.61 Å². The average molecular weight is 477 g/mol. The van der Waals surface area contributed by atoms with Crippen molar-refractivity contribution in [2.75, 3.05) is 24.6 Å². The molecule has 1 fully saturated rings. The number of Topliss-reactive ketones (excluding diaryl/α,β-unsaturated/α-hetero) is 1. The van der Waals surface area contributed by atoms with Crippen LogP contribution < -0.4 is 4.90 Å². The molecule has 0 aromatic carbocycles. The molecule has 3 aromatic rings. The van der Waals surface area contributed by atoms with Crippen LogP contribution in [0.5, 0.6) is 0 Å². The lowest BCUT2D eigenvalue weighted by atomic mass is 9.97. The standard InChI is InChI=1S/C26H28N4O3S/c1-18-14-23(19(2)30(18)12-9-22-4-3-13-34-22)24(31)17-33-26(32)21-7-10-29(11-8-21)25-6-5-20(15-27)16-28-25/h3-6,13-14,16,21H,7-12,17H2,1-2H3. The first-order valence-electron chi connectivity index (χ1n) is 11.5. The van der Waals surface area contributed by atoms with E-state index >= 15 is 0 Å². The first kappa shape index (κ1) is 23.7. The van der Waals surface area contributed by atoms with Gasteiger partial charge in [-0.2, -0.15) is 5.26 Å². The topological polar surface area (TPSA) is 88.2 Å². The van der Waals surface area contributed by atoms with E-state index in [1.165, 1.54) is 4.88 Å². The van der Waals surface area contributed by atoms with Gasteiger partial charge >= 0.3 is 5.97 Å². The fraction of sp³-hybridized carbons (Fsp3) is 0.385. The predicted molar refractivity (Wildman–Crippen MR) is 131 cm³/mol. The molecule has 0 saturated carbocycles. The first-order chi connectivity index (χ1) is 16.5. The lowest BCUT2D eigenvalue weighted by Gasteiger charge is -2.31. The lowest BCUT2D eigenvalue weighted by molar-refractivity contribution is -0.148. The van der Waals surface area contributed by atoms with Gasteiger partial charge in [0.05, 0.1) is 11.5 Å². The van der Waals surface area contributed by atoms with Crippen LogP contribution in [0.25, 0.3) is 0 Å². The summed E-state index contributed by atoms with van der Waals surface area (Å²) in [6.07, 6.45) is 3.77. The monoisotopic (exact) mass is 476 g/mol. The SMILES string of the molecule is Cc1cc(C(=O)COC(=O)C2CCN(c3ccc(C#N)cn3)CC2)c(C)n1CCc1cccs1. The Morgan fingerprint density at radius 3 is 2.68 bits per heavy atom. The molecular formula is C26H28N4O3S. The maximum absolute atomic E-state index is 12.8. The molecule has 0 aliphatic carbocycles. The second kappa shape index (κ2) is 10.7. The molecule has 176 valence electrons. The summed E-state index contributed by atoms with van der Waals surface area (Å²) in [5, 5.41) is 11.0. The fourth-order valence-corrected chi connectivity index (χ4v) is 5.12. The Hall–Kier alpha value is -3.44. The van der Waals surface area contributed by atoms with E-state index in [0.29, 0.717) is 37.1 Å². The number of thiophene rings is 1. The number of pyridine rings is 1. The summed E-state index contributed by atoms with van der Waals surface area (Å²) in [6.45, 7) is 5.89. The molecule has 0 unspecified atom stereocenters. The van der Waals surface area contributed by atoms with E-state index in [9.17, 15) is 9.59 Å². The number of ether oxygens (including phenoxy) is 1. The number of rotatable bonds is 8. The van der Waals surface area contributed by atoms with Crippen LogP contribution in [0.3, 0.4) is 0 Å². The van der Waals surface area contributed by atoms with Crippen molar-refractivity contribution >= 4 is 28.9 Å². The van der Waals surface area contributed by atoms with Gasteiger partial charge in [0.2, 0.25) is 5.78 Å². The third kappa shape index (κ3) is 5.37. The summed E-state index contributed by atoms with van der Waals surface area (Å²) in [5.41, 5.74) is 3.10. The van der Waals surface area contributed by atoms with E-state index in [2.05, 4.69) is 32.0 Å². The number of hydrogen-bond donors (Lipinski definition) is 0. The van der Waals surface area contributed by atoms with Gasteiger partial charge < -0.3 is 14.2 Å². The molecule has 1 aliphatic heterocycles. The van der Waals surface area contributed by atoms with E-state index in [1.54, 1.807) is 23.6 Å². The summed E-state index contributed by atoms with van der Waals surface area (Å²) in [4.78, 5) is 33.2. The Morgan fingerprint density at radius 1 is 1.24 bits per heavy atom. The number of hydrogen-bond acceptors (Lipinski definition) is 7. The average Bonchev–Trinajstić information content (AvgIpc) is 3.49. The number of aromatic nitrogens is 2. The number of piperidine rings is 1. The van der Waals surface area contributed by atoms with Crippen LogP contribution in [0.2, 0.25) is 0 Å². The summed E-state index contributed by atoms with van der Waals surface area (Å²) in [6, 6.07) is 11.7. The number of carbonyl (C=O) groups excluding carboxylic acids is 2. The summed E-state index contributed by atoms with van der Waals surface area (Å²) in [7, 11) is 0. The quantitative estimate of drug-likeness (QED) is 0.355. The Labute approximate surface area is 203 Å². The number of nitriles is 1. The van der Waals surface area contributed by atoms with Crippen molar-refractivity contribution in [2.45, 2.75) is 39.7 Å². The van der Waals surface area contributed by atoms with Gasteiger partial charge in [-0.15, -0.1) is 11.3 Å². The highest BCUT2D eigenvalue weighted by Crippen LogP contribution is 2.23. The smallest absolute Gasteiger partial charge is 0.309 e. The first-order valence-corrected chi connectivity index (χ1v) is 12.3. The Bertz CT molecular complexity index is 1180. The zero-order valence-corrected chi connectivity index (χ0v) is 20.3. The normalized spacial score (nSPS) is 14.1. The van der Waals surface area contributed by atoms with E-state index in [1.807, 2.05) is 32.0 Å². The van der Waals surface area contributed by atoms with Crippen molar-refractivity contribution < 1.29 is 14.3 Å². The second-order valence-electron chi connectivity index (χ2n) is 8.57. The minimum Gasteiger partial charge on any atom is -0.457 e. The van der Waals surface area contributed by atoms with Crippen molar-refractivity contribution in [3.05, 3.63) is 69.3 Å². The number of anilines is 1. The number of aryl methyl sites for hydroxylation is 2. The van der Waals surface area contributed by atoms with Gasteiger partial charge in [0.1, 0.15) is 11.9 Å². The van der Waals surface area contributed by atoms with Crippen LogP contribution in [-0.2, 0) is 22.5 Å². The van der Waals surface area contributed by atoms with Gasteiger partial charge in [-0.1, -0.05) is 6.07 Å². The molecule has 0 amide bonds. The maximum Gasteiger partial charge on any atom is 0.309 e. The molecule has 0 N–H and O–H groups in total. The summed E-state index contributed by atoms with van der Waals surface area (Å²) in [5.74, 6) is 0.103. The minimum atomic E-state index is -0.313. The molecular weight excluding hydrogens is 448 g/mol. The zero-order valence-electron chi connectivity index (χ0n) is 19.5. The van der Waals surface area contributed by atoms with Crippen LogP contribution in [-0.4, -0.2) is 41.0 Å². The van der Waals surface area contributed by atoms with Crippen molar-refractivity contribution in [1.29, 1.82) is 5.26 Å². The molecule has 0 spiro atoms. The molecule has 34 heavy (non-hydrogen) atoms. The highest BCUT2D eigenvalue weighted by Gasteiger charge is 2.28. The third-order valence-corrected chi connectivity index (χ3v) is 7.35. The maximum atomic E-state index is 12.8. The molecule has 0 radical (unpaired) electrons. The Morgan fingerprint density at radius 2 is 2.03 bits per heavy atom. The molecule has 1 saturated heterocycles. The highest BCUT2D eigenvalue weighted by atomic mass is 32.1. The largest absolute Gasteiger partial charge is 0.457 e. The fourth-order valence-electron chi connectivity index (χ4n) is 4.42. The van der Waals surface area contributed by atoms with Gasteiger partial charge in [-0.25, -0.2) is 4.98 Å². The molecule has 4 rings (SSSR count). The summed E-state index contributed by atoms with van der Waals surface area (Å²) >= 11 is 1.74. The number of nitrogens with zero attached hydrogens (tertiary/aromatic N) is 4. The number of ketones is 1. The van der Waals surface area contributed by atoms with E-state index in [4.69, 9.17) is 10.00 Å². The van der Waals surface area contributed by atoms with Crippen molar-refractivity contribution in [3.63, 3.8) is 0 Å². The number of esters is 1. The second-order valence-corrected chi connectivity index (χ2v) is 9.61. The number of carbonyl (C=O) groups is 2. The molecule has 7 nitrogen and oxygen atoms in total. The predicted octanol–water partition coefficient (Wildman–Crippen LogP) is 4.32. The zero-order chi connectivity index (χ0) is 24.1. The summed E-state index contributed by atoms with van der Waals surface area (Å²) < 4.78 is 7.58. The molecule has 4 heterocycles. The van der Waals surface area contributed by atoms with Crippen molar-refractivity contribution in [3.8, 4) is 6.07 Å². The van der Waals surface area contributed by atoms with Gasteiger partial charge in [-0.05, 0) is 62.8 Å². The van der Waals surface area contributed by atoms with Crippen molar-refractivity contribution in [2.24, 2.45) is 5.92 Å². The van der Waals surface area contributed by atoms with Gasteiger partial charge in [-0.3, -0.25) is 9.59 Å². The van der Waals surface area contributed by atoms with Crippen LogP contribution >= 0.6 is 11.3 Å². The minimum absolute atomic E-state index is 0.164. The molecule has 0 atom stereocenters. The third-order valence-electron chi connectivity index (χ3n) is 6.41. The van der Waals surface area contributed by atoms with Crippen LogP contribution in [0.15, 0.2) is 41.9 Å². The van der Waals surface area contributed by atoms with Crippen LogP contribution in [0.4, 0.5) is 5.82 Å².